The van der Waals surface area contributed by atoms with Gasteiger partial charge in [-0.3, -0.25) is 0 Å². The van der Waals surface area contributed by atoms with E-state index in [9.17, 15) is 0 Å². The Morgan fingerprint density at radius 2 is 1.62 bits per heavy atom. The van der Waals surface area contributed by atoms with Crippen LogP contribution < -0.4 is 0 Å². The van der Waals surface area contributed by atoms with E-state index in [1.807, 2.05) is 0 Å². The van der Waals surface area contributed by atoms with Crippen LogP contribution in [-0.4, -0.2) is 0 Å². The van der Waals surface area contributed by atoms with Gasteiger partial charge in [-0.2, -0.15) is 0 Å². The molecule has 21 heavy (non-hydrogen) atoms. The van der Waals surface area contributed by atoms with Crippen LogP contribution in [0.15, 0.2) is 12.2 Å². The first kappa shape index (κ1) is 14.3. The zero-order valence-electron chi connectivity index (χ0n) is 14.5. The van der Waals surface area contributed by atoms with Gasteiger partial charge in [0, 0.05) is 0 Å². The molecule has 118 valence electrons. The van der Waals surface area contributed by atoms with E-state index in [1.165, 1.54) is 64.2 Å². The van der Waals surface area contributed by atoms with E-state index in [-0.39, 0.29) is 0 Å². The SMILES string of the molecule is C=C1CCC2C3CC[C@]4(C)CCCC[C@]4(C)C3CC[C@]12C. The van der Waals surface area contributed by atoms with Gasteiger partial charge in [-0.05, 0) is 85.4 Å². The predicted octanol–water partition coefficient (Wildman–Crippen LogP) is 6.37. The minimum Gasteiger partial charge on any atom is -0.0993 e. The summed E-state index contributed by atoms with van der Waals surface area (Å²) in [5.41, 5.74) is 3.38. The van der Waals surface area contributed by atoms with Gasteiger partial charge in [0.25, 0.3) is 0 Å². The van der Waals surface area contributed by atoms with Crippen LogP contribution in [0.2, 0.25) is 0 Å². The minimum absolute atomic E-state index is 0.500. The maximum Gasteiger partial charge on any atom is -0.00879 e. The van der Waals surface area contributed by atoms with Crippen molar-refractivity contribution in [2.75, 3.05) is 0 Å². The molecule has 0 aromatic carbocycles. The lowest BCUT2D eigenvalue weighted by atomic mass is 9.41. The molecule has 0 bridgehead atoms. The first-order valence-corrected chi connectivity index (χ1v) is 9.59. The summed E-state index contributed by atoms with van der Waals surface area (Å²) in [6.07, 6.45) is 14.7. The topological polar surface area (TPSA) is 0 Å². The Morgan fingerprint density at radius 3 is 2.43 bits per heavy atom. The van der Waals surface area contributed by atoms with E-state index in [1.54, 1.807) is 5.57 Å². The maximum absolute atomic E-state index is 4.46. The van der Waals surface area contributed by atoms with Gasteiger partial charge >= 0.3 is 0 Å². The highest BCUT2D eigenvalue weighted by Gasteiger charge is 2.61. The zero-order valence-corrected chi connectivity index (χ0v) is 14.5. The smallest absolute Gasteiger partial charge is 0.00879 e. The van der Waals surface area contributed by atoms with Gasteiger partial charge in [0.2, 0.25) is 0 Å². The van der Waals surface area contributed by atoms with Gasteiger partial charge in [0.05, 0.1) is 0 Å². The van der Waals surface area contributed by atoms with Crippen LogP contribution in [0.5, 0.6) is 0 Å². The van der Waals surface area contributed by atoms with E-state index in [0.29, 0.717) is 16.2 Å². The molecule has 0 aliphatic heterocycles. The molecule has 0 saturated heterocycles. The molecule has 0 nitrogen and oxygen atoms in total. The number of fused-ring (bicyclic) bond motifs is 5. The molecule has 0 spiro atoms. The Balaban J connectivity index is 1.69. The summed E-state index contributed by atoms with van der Waals surface area (Å²) in [7, 11) is 0. The second kappa shape index (κ2) is 4.39. The van der Waals surface area contributed by atoms with E-state index in [0.717, 1.165) is 17.8 Å². The Morgan fingerprint density at radius 1 is 0.857 bits per heavy atom. The summed E-state index contributed by atoms with van der Waals surface area (Å²) in [5.74, 6) is 2.99. The van der Waals surface area contributed by atoms with Crippen LogP contribution in [-0.2, 0) is 0 Å². The lowest BCUT2D eigenvalue weighted by molar-refractivity contribution is -0.144. The molecule has 0 amide bonds. The second-order valence-corrected chi connectivity index (χ2v) is 9.70. The van der Waals surface area contributed by atoms with Crippen molar-refractivity contribution in [3.05, 3.63) is 12.2 Å². The molecule has 4 aliphatic rings. The van der Waals surface area contributed by atoms with Crippen molar-refractivity contribution in [1.82, 2.24) is 0 Å². The van der Waals surface area contributed by atoms with Crippen LogP contribution in [0, 0.1) is 34.0 Å². The number of hydrogen-bond acceptors (Lipinski definition) is 0. The molecule has 0 heteroatoms. The number of rotatable bonds is 0. The predicted molar refractivity (Wildman–Crippen MR) is 90.1 cm³/mol. The van der Waals surface area contributed by atoms with Crippen molar-refractivity contribution in [2.45, 2.75) is 85.0 Å². The third kappa shape index (κ3) is 1.68. The lowest BCUT2D eigenvalue weighted by Gasteiger charge is -2.64. The van der Waals surface area contributed by atoms with Gasteiger partial charge in [0.15, 0.2) is 0 Å². The quantitative estimate of drug-likeness (QED) is 0.454. The summed E-state index contributed by atoms with van der Waals surface area (Å²) in [6.45, 7) is 12.3. The normalized spacial score (nSPS) is 56.5. The molecule has 0 heterocycles. The summed E-state index contributed by atoms with van der Waals surface area (Å²) in [5, 5.41) is 0. The Kier molecular flexibility index (Phi) is 3.00. The summed E-state index contributed by atoms with van der Waals surface area (Å²) >= 11 is 0. The molecule has 0 radical (unpaired) electrons. The van der Waals surface area contributed by atoms with Gasteiger partial charge in [-0.15, -0.1) is 0 Å². The standard InChI is InChI=1S/C21H34/c1-15-7-8-17-16-9-13-19(2)11-5-6-12-21(19,4)18(16)10-14-20(15,17)3/h16-18H,1,5-14H2,2-4H3/t16?,17?,18?,19-,20+,21+/m0/s1. The molecule has 6 atom stereocenters. The highest BCUT2D eigenvalue weighted by molar-refractivity contribution is 5.22. The van der Waals surface area contributed by atoms with Crippen molar-refractivity contribution < 1.29 is 0 Å². The van der Waals surface area contributed by atoms with E-state index in [2.05, 4.69) is 27.4 Å². The Labute approximate surface area is 131 Å². The summed E-state index contributed by atoms with van der Waals surface area (Å²) in [4.78, 5) is 0. The number of hydrogen-bond donors (Lipinski definition) is 0. The lowest BCUT2D eigenvalue weighted by Crippen LogP contribution is -2.56. The van der Waals surface area contributed by atoms with Crippen molar-refractivity contribution in [2.24, 2.45) is 34.0 Å². The van der Waals surface area contributed by atoms with E-state index >= 15 is 0 Å². The fraction of sp³-hybridized carbons (Fsp3) is 0.905. The zero-order chi connectivity index (χ0) is 14.9. The average molecular weight is 287 g/mol. The van der Waals surface area contributed by atoms with Crippen LogP contribution in [0.1, 0.15) is 85.0 Å². The average Bonchev–Trinajstić information content (AvgIpc) is 2.76. The maximum atomic E-state index is 4.46. The second-order valence-electron chi connectivity index (χ2n) is 9.70. The molecular formula is C21H34. The summed E-state index contributed by atoms with van der Waals surface area (Å²) in [6, 6.07) is 0. The molecule has 0 aromatic heterocycles. The third-order valence-corrected chi connectivity index (χ3v) is 9.29. The molecule has 3 unspecified atom stereocenters. The van der Waals surface area contributed by atoms with Crippen LogP contribution in [0.3, 0.4) is 0 Å². The van der Waals surface area contributed by atoms with Crippen molar-refractivity contribution in [3.63, 3.8) is 0 Å². The van der Waals surface area contributed by atoms with E-state index in [4.69, 9.17) is 0 Å². The fourth-order valence-corrected chi connectivity index (χ4v) is 7.51. The molecule has 4 saturated carbocycles. The first-order valence-electron chi connectivity index (χ1n) is 9.59. The van der Waals surface area contributed by atoms with Crippen LogP contribution in [0.4, 0.5) is 0 Å². The fourth-order valence-electron chi connectivity index (χ4n) is 7.51. The largest absolute Gasteiger partial charge is 0.0993 e. The van der Waals surface area contributed by atoms with Gasteiger partial charge in [0.1, 0.15) is 0 Å². The highest BCUT2D eigenvalue weighted by Crippen LogP contribution is 2.70. The van der Waals surface area contributed by atoms with Gasteiger partial charge in [-0.25, -0.2) is 0 Å². The Bertz CT molecular complexity index is 463. The van der Waals surface area contributed by atoms with Crippen LogP contribution in [0.25, 0.3) is 0 Å². The molecule has 4 rings (SSSR count). The molecule has 4 aliphatic carbocycles. The van der Waals surface area contributed by atoms with Crippen LogP contribution >= 0.6 is 0 Å². The molecule has 0 N–H and O–H groups in total. The molecule has 0 aromatic rings. The highest BCUT2D eigenvalue weighted by atomic mass is 14.7. The van der Waals surface area contributed by atoms with Crippen molar-refractivity contribution >= 4 is 0 Å². The molecular weight excluding hydrogens is 252 g/mol. The van der Waals surface area contributed by atoms with Gasteiger partial charge in [-0.1, -0.05) is 45.8 Å². The summed E-state index contributed by atoms with van der Waals surface area (Å²) < 4.78 is 0. The van der Waals surface area contributed by atoms with Crippen molar-refractivity contribution in [1.29, 1.82) is 0 Å². The Hall–Kier alpha value is -0.260. The number of allylic oxidation sites excluding steroid dienone is 1. The molecule has 4 fully saturated rings. The minimum atomic E-state index is 0.500. The van der Waals surface area contributed by atoms with Gasteiger partial charge < -0.3 is 0 Å². The van der Waals surface area contributed by atoms with Crippen molar-refractivity contribution in [3.8, 4) is 0 Å². The first-order chi connectivity index (χ1) is 9.91. The third-order valence-electron chi connectivity index (χ3n) is 9.29. The monoisotopic (exact) mass is 286 g/mol. The van der Waals surface area contributed by atoms with E-state index < -0.39 is 0 Å².